The van der Waals surface area contributed by atoms with Gasteiger partial charge in [0, 0.05) is 33.2 Å². The quantitative estimate of drug-likeness (QED) is 0.486. The average Bonchev–Trinajstić information content (AvgIpc) is 3.01. The van der Waals surface area contributed by atoms with E-state index in [4.69, 9.17) is 46.4 Å². The Kier molecular flexibility index (Phi) is 5.91. The van der Waals surface area contributed by atoms with Crippen molar-refractivity contribution in [3.63, 3.8) is 0 Å². The van der Waals surface area contributed by atoms with Crippen molar-refractivity contribution in [1.29, 1.82) is 0 Å². The highest BCUT2D eigenvalue weighted by Gasteiger charge is 2.06. The maximum Gasteiger partial charge on any atom is 0.243 e. The molecule has 0 spiro atoms. The first-order valence-corrected chi connectivity index (χ1v) is 8.80. The molecule has 0 radical (unpaired) electrons. The molecule has 0 unspecified atom stereocenters. The fourth-order valence-corrected chi connectivity index (χ4v) is 3.05. The summed E-state index contributed by atoms with van der Waals surface area (Å²) >= 11 is 24.0. The van der Waals surface area contributed by atoms with E-state index in [0.717, 1.165) is 11.1 Å². The van der Waals surface area contributed by atoms with Crippen LogP contribution in [0.3, 0.4) is 0 Å². The minimum absolute atomic E-state index is 0.454. The second kappa shape index (κ2) is 8.15. The van der Waals surface area contributed by atoms with E-state index in [1.807, 2.05) is 12.1 Å². The molecule has 2 aromatic carbocycles. The number of hydrogen-bond acceptors (Lipinski definition) is 4. The number of hydrogen-bond donors (Lipinski definition) is 3. The van der Waals surface area contributed by atoms with E-state index in [9.17, 15) is 0 Å². The lowest BCUT2D eigenvalue weighted by Crippen LogP contribution is -2.03. The molecule has 3 rings (SSSR count). The molecule has 0 amide bonds. The summed E-state index contributed by atoms with van der Waals surface area (Å²) < 4.78 is 0. The van der Waals surface area contributed by atoms with Crippen molar-refractivity contribution in [3.05, 3.63) is 67.6 Å². The molecule has 0 aliphatic rings. The van der Waals surface area contributed by atoms with Crippen LogP contribution in [0.5, 0.6) is 0 Å². The van der Waals surface area contributed by atoms with Crippen molar-refractivity contribution in [3.8, 4) is 0 Å². The fourth-order valence-electron chi connectivity index (χ4n) is 2.10. The number of rotatable bonds is 6. The highest BCUT2D eigenvalue weighted by molar-refractivity contribution is 6.35. The van der Waals surface area contributed by atoms with Gasteiger partial charge in [0.05, 0.1) is 0 Å². The topological polar surface area (TPSA) is 65.6 Å². The highest BCUT2D eigenvalue weighted by Crippen LogP contribution is 2.23. The lowest BCUT2D eigenvalue weighted by molar-refractivity contribution is 1.03. The Bertz CT molecular complexity index is 811. The number of halogens is 4. The zero-order chi connectivity index (χ0) is 17.8. The molecule has 0 bridgehead atoms. The zero-order valence-corrected chi connectivity index (χ0v) is 15.8. The third-order valence-electron chi connectivity index (χ3n) is 3.40. The summed E-state index contributed by atoms with van der Waals surface area (Å²) in [4.78, 5) is 4.31. The molecule has 1 heterocycles. The number of nitrogens with one attached hydrogen (secondary N) is 3. The van der Waals surface area contributed by atoms with E-state index in [1.54, 1.807) is 24.3 Å². The Morgan fingerprint density at radius 1 is 0.800 bits per heavy atom. The molecule has 3 aromatic rings. The van der Waals surface area contributed by atoms with Crippen LogP contribution in [0, 0.1) is 0 Å². The van der Waals surface area contributed by atoms with Gasteiger partial charge in [0.1, 0.15) is 0 Å². The van der Waals surface area contributed by atoms with Gasteiger partial charge < -0.3 is 10.6 Å². The first-order chi connectivity index (χ1) is 12.0. The van der Waals surface area contributed by atoms with Crippen LogP contribution in [-0.2, 0) is 13.1 Å². The van der Waals surface area contributed by atoms with E-state index in [-0.39, 0.29) is 0 Å². The van der Waals surface area contributed by atoms with Crippen LogP contribution in [-0.4, -0.2) is 15.2 Å². The first kappa shape index (κ1) is 18.1. The molecule has 9 heteroatoms. The largest absolute Gasteiger partial charge is 0.350 e. The molecule has 0 fully saturated rings. The summed E-state index contributed by atoms with van der Waals surface area (Å²) in [6.45, 7) is 0.976. The zero-order valence-electron chi connectivity index (χ0n) is 12.8. The Balaban J connectivity index is 1.57. The van der Waals surface area contributed by atoms with Gasteiger partial charge in [-0.2, -0.15) is 4.98 Å². The van der Waals surface area contributed by atoms with Crippen molar-refractivity contribution in [2.75, 3.05) is 10.6 Å². The monoisotopic (exact) mass is 415 g/mol. The second-order valence-electron chi connectivity index (χ2n) is 5.19. The van der Waals surface area contributed by atoms with Crippen molar-refractivity contribution < 1.29 is 0 Å². The molecular weight excluding hydrogens is 404 g/mol. The van der Waals surface area contributed by atoms with Crippen LogP contribution in [0.4, 0.5) is 11.9 Å². The van der Waals surface area contributed by atoms with Gasteiger partial charge >= 0.3 is 0 Å². The fraction of sp³-hybridized carbons (Fsp3) is 0.125. The summed E-state index contributed by atoms with van der Waals surface area (Å²) in [5.41, 5.74) is 1.81. The molecule has 0 saturated carbocycles. The minimum Gasteiger partial charge on any atom is -0.350 e. The van der Waals surface area contributed by atoms with Gasteiger partial charge in [-0.3, -0.25) is 0 Å². The molecule has 1 aromatic heterocycles. The summed E-state index contributed by atoms with van der Waals surface area (Å²) in [6.07, 6.45) is 0. The van der Waals surface area contributed by atoms with E-state index >= 15 is 0 Å². The number of anilines is 2. The Hall–Kier alpha value is -1.66. The predicted octanol–water partition coefficient (Wildman–Crippen LogP) is 5.64. The standard InChI is InChI=1S/C16H13Cl4N5/c17-11-3-1-9(13(19)5-11)7-21-15-23-16(25-24-15)22-8-10-2-4-12(18)6-14(10)20/h1-6H,7-8H2,(H3,21,22,23,24,25). The first-order valence-electron chi connectivity index (χ1n) is 7.29. The van der Waals surface area contributed by atoms with E-state index in [0.29, 0.717) is 45.1 Å². The van der Waals surface area contributed by atoms with E-state index < -0.39 is 0 Å². The molecule has 130 valence electrons. The third-order valence-corrected chi connectivity index (χ3v) is 4.57. The summed E-state index contributed by atoms with van der Waals surface area (Å²) in [5, 5.41) is 15.5. The third kappa shape index (κ3) is 4.92. The van der Waals surface area contributed by atoms with Crippen molar-refractivity contribution in [2.24, 2.45) is 0 Å². The van der Waals surface area contributed by atoms with Crippen LogP contribution >= 0.6 is 46.4 Å². The molecule has 3 N–H and O–H groups in total. The maximum atomic E-state index is 6.14. The normalized spacial score (nSPS) is 10.7. The van der Waals surface area contributed by atoms with Gasteiger partial charge in [0.2, 0.25) is 11.9 Å². The van der Waals surface area contributed by atoms with Crippen LogP contribution in [0.15, 0.2) is 36.4 Å². The van der Waals surface area contributed by atoms with Crippen molar-refractivity contribution in [1.82, 2.24) is 15.2 Å². The molecule has 0 aliphatic carbocycles. The SMILES string of the molecule is Clc1ccc(CNc2n[nH]c(NCc3ccc(Cl)cc3Cl)n2)c(Cl)c1. The summed E-state index contributed by atoms with van der Waals surface area (Å²) in [7, 11) is 0. The van der Waals surface area contributed by atoms with Crippen LogP contribution in [0.25, 0.3) is 0 Å². The minimum atomic E-state index is 0.454. The average molecular weight is 417 g/mol. The molecular formula is C16H13Cl4N5. The molecule has 0 atom stereocenters. The smallest absolute Gasteiger partial charge is 0.243 e. The number of benzene rings is 2. The molecule has 0 saturated heterocycles. The number of aromatic nitrogens is 3. The van der Waals surface area contributed by atoms with Crippen LogP contribution in [0.2, 0.25) is 20.1 Å². The predicted molar refractivity (Wildman–Crippen MR) is 104 cm³/mol. The van der Waals surface area contributed by atoms with Gasteiger partial charge in [0.25, 0.3) is 0 Å². The van der Waals surface area contributed by atoms with Crippen LogP contribution in [0.1, 0.15) is 11.1 Å². The highest BCUT2D eigenvalue weighted by atomic mass is 35.5. The van der Waals surface area contributed by atoms with E-state index in [2.05, 4.69) is 25.8 Å². The van der Waals surface area contributed by atoms with Crippen molar-refractivity contribution in [2.45, 2.75) is 13.1 Å². The van der Waals surface area contributed by atoms with Gasteiger partial charge in [-0.1, -0.05) is 58.5 Å². The molecule has 0 aliphatic heterocycles. The van der Waals surface area contributed by atoms with Crippen molar-refractivity contribution >= 4 is 58.3 Å². The lowest BCUT2D eigenvalue weighted by Gasteiger charge is -2.06. The summed E-state index contributed by atoms with van der Waals surface area (Å²) in [6, 6.07) is 10.7. The van der Waals surface area contributed by atoms with Gasteiger partial charge in [-0.25, -0.2) is 5.10 Å². The van der Waals surface area contributed by atoms with E-state index in [1.165, 1.54) is 0 Å². The Morgan fingerprint density at radius 3 is 1.92 bits per heavy atom. The Labute approximate surface area is 164 Å². The van der Waals surface area contributed by atoms with Gasteiger partial charge in [-0.05, 0) is 35.4 Å². The summed E-state index contributed by atoms with van der Waals surface area (Å²) in [5.74, 6) is 0.978. The van der Waals surface area contributed by atoms with Crippen LogP contribution < -0.4 is 10.6 Å². The number of aromatic amines is 1. The molecule has 5 nitrogen and oxygen atoms in total. The van der Waals surface area contributed by atoms with Gasteiger partial charge in [-0.15, -0.1) is 5.10 Å². The Morgan fingerprint density at radius 2 is 1.36 bits per heavy atom. The number of H-pyrrole nitrogens is 1. The van der Waals surface area contributed by atoms with Gasteiger partial charge in [0.15, 0.2) is 0 Å². The maximum absolute atomic E-state index is 6.14. The second-order valence-corrected chi connectivity index (χ2v) is 6.87. The molecule has 25 heavy (non-hydrogen) atoms. The number of nitrogens with zero attached hydrogens (tertiary/aromatic N) is 2. The lowest BCUT2D eigenvalue weighted by atomic mass is 10.2.